The van der Waals surface area contributed by atoms with Crippen molar-refractivity contribution >= 4 is 6.29 Å². The van der Waals surface area contributed by atoms with Crippen LogP contribution in [0.3, 0.4) is 0 Å². The smallest absolute Gasteiger partial charge is 0.116 e. The summed E-state index contributed by atoms with van der Waals surface area (Å²) >= 11 is 0. The van der Waals surface area contributed by atoms with Gasteiger partial charge in [0.1, 0.15) is 6.29 Å². The Balaban J connectivity index is -0.0000000400. The van der Waals surface area contributed by atoms with E-state index in [1.807, 2.05) is 0 Å². The van der Waals surface area contributed by atoms with Crippen LogP contribution in [0.5, 0.6) is 0 Å². The first-order valence-electron chi connectivity index (χ1n) is 1.84. The summed E-state index contributed by atoms with van der Waals surface area (Å²) in [4.78, 5) is 8.81. The van der Waals surface area contributed by atoms with E-state index in [0.29, 0.717) is 0 Å². The lowest BCUT2D eigenvalue weighted by atomic mass is 10.9. The van der Waals surface area contributed by atoms with Gasteiger partial charge in [0.15, 0.2) is 0 Å². The van der Waals surface area contributed by atoms with E-state index in [9.17, 15) is 0 Å². The zero-order valence-electron chi connectivity index (χ0n) is 4.64. The molecule has 7 heavy (non-hydrogen) atoms. The molecule has 0 spiro atoms. The first kappa shape index (κ1) is 16.0. The van der Waals surface area contributed by atoms with Crippen molar-refractivity contribution in [2.24, 2.45) is 0 Å². The molecule has 0 heterocycles. The molecule has 0 unspecified atom stereocenters. The van der Waals surface area contributed by atoms with Gasteiger partial charge in [-0.15, -0.1) is 0 Å². The highest BCUT2D eigenvalue weighted by molar-refractivity contribution is 5.44. The lowest BCUT2D eigenvalue weighted by Gasteiger charge is -1.52. The van der Waals surface area contributed by atoms with Crippen LogP contribution in [0.25, 0.3) is 0 Å². The quantitative estimate of drug-likeness (QED) is 0.420. The minimum atomic E-state index is 0. The fourth-order valence-corrected chi connectivity index (χ4v) is 0. The van der Waals surface area contributed by atoms with Gasteiger partial charge in [-0.1, -0.05) is 0 Å². The molecule has 0 saturated carbocycles. The third kappa shape index (κ3) is 429. The first-order chi connectivity index (χ1) is 2.83. The number of hydrogen-bond acceptors (Lipinski definition) is 2. The number of aldehydes is 1. The predicted molar refractivity (Wildman–Crippen MR) is 28.1 cm³/mol. The Morgan fingerprint density at radius 3 is 1.71 bits per heavy atom. The third-order valence-corrected chi connectivity index (χ3v) is 0. The minimum Gasteiger partial charge on any atom is -0.412 e. The normalized spacial score (nSPS) is 4.43. The zero-order valence-corrected chi connectivity index (χ0v) is 4.64. The van der Waals surface area contributed by atoms with E-state index in [1.165, 1.54) is 6.92 Å². The van der Waals surface area contributed by atoms with Crippen molar-refractivity contribution in [2.45, 2.75) is 13.8 Å². The van der Waals surface area contributed by atoms with E-state index >= 15 is 0 Å². The van der Waals surface area contributed by atoms with Crippen molar-refractivity contribution in [3.63, 3.8) is 0 Å². The summed E-state index contributed by atoms with van der Waals surface area (Å²) in [5, 5.41) is 7.57. The van der Waals surface area contributed by atoms with Crippen molar-refractivity contribution < 1.29 is 15.4 Å². The molecule has 3 nitrogen and oxygen atoms in total. The van der Waals surface area contributed by atoms with Gasteiger partial charge in [0.05, 0.1) is 0 Å². The maximum absolute atomic E-state index is 8.81. The van der Waals surface area contributed by atoms with Crippen LogP contribution >= 0.6 is 0 Å². The van der Waals surface area contributed by atoms with Crippen LogP contribution in [0, 0.1) is 0 Å². The van der Waals surface area contributed by atoms with Gasteiger partial charge in [0, 0.05) is 6.61 Å². The van der Waals surface area contributed by atoms with Crippen LogP contribution in [-0.2, 0) is 4.79 Å². The van der Waals surface area contributed by atoms with Gasteiger partial charge in [-0.3, -0.25) is 0 Å². The molecule has 0 amide bonds. The Hall–Kier alpha value is -0.410. The Labute approximate surface area is 43.3 Å². The van der Waals surface area contributed by atoms with Crippen LogP contribution < -0.4 is 0 Å². The average molecular weight is 108 g/mol. The van der Waals surface area contributed by atoms with Gasteiger partial charge >= 0.3 is 0 Å². The highest BCUT2D eigenvalue weighted by atomic mass is 16.2. The first-order valence-corrected chi connectivity index (χ1v) is 1.84. The maximum atomic E-state index is 8.81. The minimum absolute atomic E-state index is 0. The molecule has 0 bridgehead atoms. The Bertz CT molecular complexity index is 20.9. The second-order valence-electron chi connectivity index (χ2n) is 0.552. The van der Waals surface area contributed by atoms with Gasteiger partial charge in [-0.2, -0.15) is 0 Å². The molecule has 0 saturated heterocycles. The molecule has 0 rings (SSSR count). The number of carbonyl (C=O) groups excluding carboxylic acids is 1. The summed E-state index contributed by atoms with van der Waals surface area (Å²) in [6.07, 6.45) is 0.750. The molecule has 0 aliphatic heterocycles. The molecule has 3 N–H and O–H groups in total. The highest BCUT2D eigenvalue weighted by Crippen LogP contribution is 1.30. The van der Waals surface area contributed by atoms with Crippen LogP contribution in [0.15, 0.2) is 0 Å². The lowest BCUT2D eigenvalue weighted by molar-refractivity contribution is -0.106. The van der Waals surface area contributed by atoms with E-state index in [0.717, 1.165) is 6.29 Å². The largest absolute Gasteiger partial charge is 0.412 e. The van der Waals surface area contributed by atoms with E-state index in [-0.39, 0.29) is 12.1 Å². The van der Waals surface area contributed by atoms with E-state index in [4.69, 9.17) is 9.90 Å². The fourth-order valence-electron chi connectivity index (χ4n) is 0. The molecule has 0 aromatic rings. The summed E-state index contributed by atoms with van der Waals surface area (Å²) < 4.78 is 0. The van der Waals surface area contributed by atoms with Crippen molar-refractivity contribution in [1.82, 2.24) is 0 Å². The summed E-state index contributed by atoms with van der Waals surface area (Å²) in [5.74, 6) is 0. The average Bonchev–Trinajstić information content (AvgIpc) is 1.39. The van der Waals surface area contributed by atoms with Crippen molar-refractivity contribution in [2.75, 3.05) is 6.61 Å². The Kier molecular flexibility index (Phi) is 106. The van der Waals surface area contributed by atoms with E-state index < -0.39 is 0 Å². The van der Waals surface area contributed by atoms with Gasteiger partial charge < -0.3 is 15.4 Å². The summed E-state index contributed by atoms with van der Waals surface area (Å²) in [7, 11) is 0. The van der Waals surface area contributed by atoms with Crippen molar-refractivity contribution in [3.8, 4) is 0 Å². The molecular formula is C4H12O3. The molecule has 0 aromatic heterocycles. The zero-order chi connectivity index (χ0) is 5.41. The van der Waals surface area contributed by atoms with Gasteiger partial charge in [0.2, 0.25) is 0 Å². The summed E-state index contributed by atoms with van der Waals surface area (Å²) in [6, 6.07) is 0. The molecule has 0 fully saturated rings. The molecular weight excluding hydrogens is 96.0 g/mol. The third-order valence-electron chi connectivity index (χ3n) is 0. The molecule has 0 aliphatic carbocycles. The Morgan fingerprint density at radius 2 is 1.71 bits per heavy atom. The summed E-state index contributed by atoms with van der Waals surface area (Å²) in [5.41, 5.74) is 0. The van der Waals surface area contributed by atoms with Crippen molar-refractivity contribution in [3.05, 3.63) is 0 Å². The maximum Gasteiger partial charge on any atom is 0.116 e. The fraction of sp³-hybridized carbons (Fsp3) is 0.750. The monoisotopic (exact) mass is 108 g/mol. The number of aliphatic hydroxyl groups excluding tert-OH is 1. The molecule has 3 heteroatoms. The second kappa shape index (κ2) is 46.6. The number of hydrogen-bond donors (Lipinski definition) is 1. The summed E-state index contributed by atoms with van der Waals surface area (Å²) in [6.45, 7) is 3.38. The predicted octanol–water partition coefficient (Wildman–Crippen LogP) is -0.621. The number of rotatable bonds is 0. The van der Waals surface area contributed by atoms with Crippen molar-refractivity contribution in [1.29, 1.82) is 0 Å². The Morgan fingerprint density at radius 1 is 1.71 bits per heavy atom. The molecule has 0 aromatic carbocycles. The molecule has 0 atom stereocenters. The highest BCUT2D eigenvalue weighted by Gasteiger charge is 1.34. The van der Waals surface area contributed by atoms with Gasteiger partial charge in [-0.05, 0) is 13.8 Å². The van der Waals surface area contributed by atoms with E-state index in [1.54, 1.807) is 6.92 Å². The van der Waals surface area contributed by atoms with Crippen LogP contribution in [0.1, 0.15) is 13.8 Å². The molecule has 46 valence electrons. The lowest BCUT2D eigenvalue weighted by Crippen LogP contribution is -1.57. The number of aliphatic hydroxyl groups is 1. The molecule has 0 aliphatic rings. The van der Waals surface area contributed by atoms with Gasteiger partial charge in [0.25, 0.3) is 0 Å². The SMILES string of the molecule is CC=O.CCO.O. The van der Waals surface area contributed by atoms with Gasteiger partial charge in [-0.25, -0.2) is 0 Å². The van der Waals surface area contributed by atoms with E-state index in [2.05, 4.69) is 0 Å². The topological polar surface area (TPSA) is 68.8 Å². The standard InChI is InChI=1S/C2H6O.C2H4O.H2O/c2*1-2-3;/h3H,2H2,1H3;2H,1H3;1H2. The number of carbonyl (C=O) groups is 1. The van der Waals surface area contributed by atoms with Crippen LogP contribution in [0.2, 0.25) is 0 Å². The molecule has 0 radical (unpaired) electrons. The van der Waals surface area contributed by atoms with Crippen LogP contribution in [-0.4, -0.2) is 23.5 Å². The van der Waals surface area contributed by atoms with Crippen LogP contribution in [0.4, 0.5) is 0 Å². The second-order valence-corrected chi connectivity index (χ2v) is 0.552.